The number of aryl methyl sites for hydroxylation is 2. The maximum Gasteiger partial charge on any atom is 0.322 e. The third-order valence-corrected chi connectivity index (χ3v) is 2.94. The molecule has 2 rings (SSSR count). The van der Waals surface area contributed by atoms with Gasteiger partial charge >= 0.3 is 6.01 Å². The molecular formula is C12H15N5OS. The second-order valence-corrected chi connectivity index (χ2v) is 4.91. The van der Waals surface area contributed by atoms with Gasteiger partial charge in [0.2, 0.25) is 11.1 Å². The molecule has 0 aliphatic rings. The SMILES string of the molecule is CCOc1nc(N)nc(Sc2cc(C)cc(C)n2)n1. The summed E-state index contributed by atoms with van der Waals surface area (Å²) in [4.78, 5) is 16.6. The van der Waals surface area contributed by atoms with Gasteiger partial charge in [-0.2, -0.15) is 15.0 Å². The number of anilines is 1. The van der Waals surface area contributed by atoms with Crippen LogP contribution in [0.15, 0.2) is 22.3 Å². The Hall–Kier alpha value is -1.89. The molecule has 0 atom stereocenters. The lowest BCUT2D eigenvalue weighted by Gasteiger charge is -2.05. The third kappa shape index (κ3) is 3.78. The second kappa shape index (κ2) is 5.83. The van der Waals surface area contributed by atoms with Gasteiger partial charge in [-0.15, -0.1) is 0 Å². The van der Waals surface area contributed by atoms with Crippen LogP contribution in [0.4, 0.5) is 5.95 Å². The van der Waals surface area contributed by atoms with Gasteiger partial charge in [-0.25, -0.2) is 4.98 Å². The number of nitrogens with two attached hydrogens (primary N) is 1. The summed E-state index contributed by atoms with van der Waals surface area (Å²) in [6.45, 7) is 6.31. The maximum atomic E-state index is 5.63. The third-order valence-electron chi connectivity index (χ3n) is 2.16. The predicted octanol–water partition coefficient (Wildman–Crippen LogP) is 2.02. The number of hydrogen-bond acceptors (Lipinski definition) is 7. The predicted molar refractivity (Wildman–Crippen MR) is 73.2 cm³/mol. The van der Waals surface area contributed by atoms with Crippen LogP contribution in [-0.2, 0) is 0 Å². The smallest absolute Gasteiger partial charge is 0.322 e. The van der Waals surface area contributed by atoms with Crippen LogP contribution in [0.5, 0.6) is 6.01 Å². The Balaban J connectivity index is 2.27. The van der Waals surface area contributed by atoms with E-state index in [0.29, 0.717) is 11.8 Å². The van der Waals surface area contributed by atoms with Gasteiger partial charge in [-0.3, -0.25) is 0 Å². The lowest BCUT2D eigenvalue weighted by atomic mass is 10.3. The van der Waals surface area contributed by atoms with E-state index >= 15 is 0 Å². The van der Waals surface area contributed by atoms with E-state index in [2.05, 4.69) is 19.9 Å². The minimum Gasteiger partial charge on any atom is -0.464 e. The first kappa shape index (κ1) is 13.5. The number of hydrogen-bond donors (Lipinski definition) is 1. The van der Waals surface area contributed by atoms with Crippen LogP contribution >= 0.6 is 11.8 Å². The van der Waals surface area contributed by atoms with Crippen LogP contribution in [0, 0.1) is 13.8 Å². The minimum absolute atomic E-state index is 0.144. The van der Waals surface area contributed by atoms with Gasteiger partial charge in [0.1, 0.15) is 5.03 Å². The molecule has 0 aromatic carbocycles. The molecule has 100 valence electrons. The van der Waals surface area contributed by atoms with E-state index in [-0.39, 0.29) is 12.0 Å². The van der Waals surface area contributed by atoms with Crippen molar-refractivity contribution in [2.75, 3.05) is 12.3 Å². The van der Waals surface area contributed by atoms with Crippen LogP contribution in [0.25, 0.3) is 0 Å². The molecule has 2 aromatic heterocycles. The molecule has 0 spiro atoms. The molecule has 0 radical (unpaired) electrons. The zero-order valence-electron chi connectivity index (χ0n) is 11.0. The fourth-order valence-electron chi connectivity index (χ4n) is 1.54. The molecule has 0 bridgehead atoms. The van der Waals surface area contributed by atoms with Gasteiger partial charge in [-0.1, -0.05) is 0 Å². The van der Waals surface area contributed by atoms with Crippen molar-refractivity contribution in [3.05, 3.63) is 23.4 Å². The monoisotopic (exact) mass is 277 g/mol. The second-order valence-electron chi connectivity index (χ2n) is 3.92. The summed E-state index contributed by atoms with van der Waals surface area (Å²) in [6, 6.07) is 4.22. The van der Waals surface area contributed by atoms with Crippen molar-refractivity contribution in [1.29, 1.82) is 0 Å². The number of nitrogen functional groups attached to an aromatic ring is 1. The summed E-state index contributed by atoms with van der Waals surface area (Å²) in [5.41, 5.74) is 7.72. The molecule has 7 heteroatoms. The highest BCUT2D eigenvalue weighted by atomic mass is 32.2. The minimum atomic E-state index is 0.144. The Bertz CT molecular complexity index is 570. The van der Waals surface area contributed by atoms with Crippen molar-refractivity contribution in [1.82, 2.24) is 19.9 Å². The molecule has 6 nitrogen and oxygen atoms in total. The van der Waals surface area contributed by atoms with E-state index in [9.17, 15) is 0 Å². The Morgan fingerprint density at radius 3 is 2.63 bits per heavy atom. The number of pyridine rings is 1. The lowest BCUT2D eigenvalue weighted by molar-refractivity contribution is 0.308. The zero-order chi connectivity index (χ0) is 13.8. The van der Waals surface area contributed by atoms with Gasteiger partial charge in [0.25, 0.3) is 0 Å². The zero-order valence-corrected chi connectivity index (χ0v) is 11.9. The molecule has 0 fully saturated rings. The highest BCUT2D eigenvalue weighted by Gasteiger charge is 2.08. The number of rotatable bonds is 4. The van der Waals surface area contributed by atoms with E-state index < -0.39 is 0 Å². The quantitative estimate of drug-likeness (QED) is 0.914. The van der Waals surface area contributed by atoms with Crippen LogP contribution in [0.1, 0.15) is 18.2 Å². The van der Waals surface area contributed by atoms with E-state index in [1.54, 1.807) is 0 Å². The van der Waals surface area contributed by atoms with Gasteiger partial charge in [0.05, 0.1) is 6.61 Å². The molecule has 2 N–H and O–H groups in total. The summed E-state index contributed by atoms with van der Waals surface area (Å²) in [7, 11) is 0. The molecule has 0 saturated carbocycles. The number of nitrogens with zero attached hydrogens (tertiary/aromatic N) is 4. The Morgan fingerprint density at radius 1 is 1.16 bits per heavy atom. The Labute approximate surface area is 115 Å². The molecule has 2 heterocycles. The largest absolute Gasteiger partial charge is 0.464 e. The summed E-state index contributed by atoms with van der Waals surface area (Å²) >= 11 is 1.34. The fourth-order valence-corrected chi connectivity index (χ4v) is 2.43. The lowest BCUT2D eigenvalue weighted by Crippen LogP contribution is -2.04. The van der Waals surface area contributed by atoms with Crippen molar-refractivity contribution in [3.63, 3.8) is 0 Å². The van der Waals surface area contributed by atoms with Crippen molar-refractivity contribution >= 4 is 17.7 Å². The standard InChI is InChI=1S/C12H15N5OS/c1-4-18-11-15-10(13)16-12(17-11)19-9-6-7(2)5-8(3)14-9/h5-6H,4H2,1-3H3,(H2,13,15,16,17). The average Bonchev–Trinajstić information content (AvgIpc) is 2.26. The van der Waals surface area contributed by atoms with Crippen molar-refractivity contribution < 1.29 is 4.74 Å². The summed E-state index contributed by atoms with van der Waals surface area (Å²) in [5.74, 6) is 0.144. The first-order chi connectivity index (χ1) is 9.06. The van der Waals surface area contributed by atoms with E-state index in [1.165, 1.54) is 11.8 Å². The summed E-state index contributed by atoms with van der Waals surface area (Å²) in [5, 5.41) is 1.30. The van der Waals surface area contributed by atoms with Crippen molar-refractivity contribution in [2.45, 2.75) is 31.0 Å². The van der Waals surface area contributed by atoms with Crippen LogP contribution in [-0.4, -0.2) is 26.5 Å². The van der Waals surface area contributed by atoms with Gasteiger partial charge in [0.15, 0.2) is 0 Å². The van der Waals surface area contributed by atoms with E-state index in [4.69, 9.17) is 10.5 Å². The van der Waals surface area contributed by atoms with Crippen molar-refractivity contribution in [3.8, 4) is 6.01 Å². The Kier molecular flexibility index (Phi) is 4.16. The summed E-state index contributed by atoms with van der Waals surface area (Å²) < 4.78 is 5.24. The summed E-state index contributed by atoms with van der Waals surface area (Å²) in [6.07, 6.45) is 0. The van der Waals surface area contributed by atoms with Crippen molar-refractivity contribution in [2.24, 2.45) is 0 Å². The average molecular weight is 277 g/mol. The van der Waals surface area contributed by atoms with Crippen LogP contribution in [0.2, 0.25) is 0 Å². The highest BCUT2D eigenvalue weighted by Crippen LogP contribution is 2.25. The molecule has 2 aromatic rings. The molecule has 0 aliphatic heterocycles. The highest BCUT2D eigenvalue weighted by molar-refractivity contribution is 7.99. The fraction of sp³-hybridized carbons (Fsp3) is 0.333. The molecule has 0 unspecified atom stereocenters. The molecule has 19 heavy (non-hydrogen) atoms. The Morgan fingerprint density at radius 2 is 1.95 bits per heavy atom. The van der Waals surface area contributed by atoms with E-state index in [1.807, 2.05) is 32.9 Å². The molecule has 0 aliphatic carbocycles. The van der Waals surface area contributed by atoms with Gasteiger partial charge in [0, 0.05) is 5.69 Å². The molecule has 0 saturated heterocycles. The maximum absolute atomic E-state index is 5.63. The van der Waals surface area contributed by atoms with Crippen LogP contribution in [0.3, 0.4) is 0 Å². The van der Waals surface area contributed by atoms with Gasteiger partial charge < -0.3 is 10.5 Å². The number of ether oxygens (including phenoxy) is 1. The molecule has 0 amide bonds. The topological polar surface area (TPSA) is 86.8 Å². The van der Waals surface area contributed by atoms with E-state index in [0.717, 1.165) is 16.3 Å². The molecular weight excluding hydrogens is 262 g/mol. The van der Waals surface area contributed by atoms with Gasteiger partial charge in [-0.05, 0) is 50.2 Å². The van der Waals surface area contributed by atoms with Crippen LogP contribution < -0.4 is 10.5 Å². The first-order valence-electron chi connectivity index (χ1n) is 5.84. The first-order valence-corrected chi connectivity index (χ1v) is 6.66. The number of aromatic nitrogens is 4. The normalized spacial score (nSPS) is 10.5.